The molecule has 1 aromatic rings. The van der Waals surface area contributed by atoms with Crippen molar-refractivity contribution in [3.63, 3.8) is 0 Å². The third-order valence-electron chi connectivity index (χ3n) is 2.43. The van der Waals surface area contributed by atoms with Crippen molar-refractivity contribution in [2.75, 3.05) is 0 Å². The Labute approximate surface area is 109 Å². The predicted molar refractivity (Wildman–Crippen MR) is 64.3 cm³/mol. The molecule has 1 atom stereocenters. The molecular weight excluding hydrogens is 285 g/mol. The van der Waals surface area contributed by atoms with Crippen molar-refractivity contribution in [3.05, 3.63) is 30.3 Å². The molecule has 1 fully saturated rings. The third-order valence-corrected chi connectivity index (χ3v) is 4.63. The molecule has 0 bridgehead atoms. The summed E-state index contributed by atoms with van der Waals surface area (Å²) in [5.74, 6) is -1.33. The van der Waals surface area contributed by atoms with E-state index in [1.54, 1.807) is 18.2 Å². The van der Waals surface area contributed by atoms with Gasteiger partial charge >= 0.3 is 0 Å². The molecule has 1 N–H and O–H groups in total. The molecule has 4 nitrogen and oxygen atoms in total. The minimum absolute atomic E-state index is 0.0312. The van der Waals surface area contributed by atoms with Gasteiger partial charge in [0.05, 0.1) is 10.8 Å². The van der Waals surface area contributed by atoms with Crippen molar-refractivity contribution >= 4 is 39.1 Å². The Bertz CT molecular complexity index is 542. The van der Waals surface area contributed by atoms with Gasteiger partial charge in [-0.25, -0.2) is 13.1 Å². The Kier molecular flexibility index (Phi) is 3.10. The fourth-order valence-electron chi connectivity index (χ4n) is 1.36. The zero-order valence-electron chi connectivity index (χ0n) is 8.56. The summed E-state index contributed by atoms with van der Waals surface area (Å²) in [7, 11) is -3.83. The quantitative estimate of drug-likeness (QED) is 0.863. The lowest BCUT2D eigenvalue weighted by atomic mass is 10.4. The van der Waals surface area contributed by atoms with Crippen LogP contribution in [0.25, 0.3) is 0 Å². The van der Waals surface area contributed by atoms with Gasteiger partial charge in [0.2, 0.25) is 5.91 Å². The minimum Gasteiger partial charge on any atom is -0.274 e. The first-order valence-corrected chi connectivity index (χ1v) is 7.06. The number of carbonyl (C=O) groups excluding carboxylic acids is 1. The lowest BCUT2D eigenvalue weighted by Crippen LogP contribution is -2.32. The van der Waals surface area contributed by atoms with E-state index in [1.807, 2.05) is 4.72 Å². The van der Waals surface area contributed by atoms with Gasteiger partial charge in [0.25, 0.3) is 10.0 Å². The summed E-state index contributed by atoms with van der Waals surface area (Å²) in [6.07, 6.45) is 0.270. The number of hydrogen-bond donors (Lipinski definition) is 1. The monoisotopic (exact) mass is 293 g/mol. The zero-order chi connectivity index (χ0) is 12.7. The zero-order valence-corrected chi connectivity index (χ0v) is 10.9. The van der Waals surface area contributed by atoms with E-state index < -0.39 is 26.2 Å². The van der Waals surface area contributed by atoms with Crippen LogP contribution >= 0.6 is 23.2 Å². The van der Waals surface area contributed by atoms with Crippen molar-refractivity contribution in [2.45, 2.75) is 15.6 Å². The molecule has 1 amide bonds. The molecule has 1 aliphatic carbocycles. The molecule has 0 saturated heterocycles. The summed E-state index contributed by atoms with van der Waals surface area (Å²) >= 11 is 11.4. The molecule has 0 aromatic heterocycles. The van der Waals surface area contributed by atoms with Gasteiger partial charge < -0.3 is 0 Å². The van der Waals surface area contributed by atoms with Crippen LogP contribution in [0.4, 0.5) is 0 Å². The highest BCUT2D eigenvalue weighted by Crippen LogP contribution is 2.53. The second-order valence-corrected chi connectivity index (χ2v) is 7.03. The first-order chi connectivity index (χ1) is 7.83. The van der Waals surface area contributed by atoms with E-state index in [0.29, 0.717) is 0 Å². The summed E-state index contributed by atoms with van der Waals surface area (Å²) in [5, 5.41) is 0. The first kappa shape index (κ1) is 12.7. The Balaban J connectivity index is 2.12. The second-order valence-electron chi connectivity index (χ2n) is 3.80. The van der Waals surface area contributed by atoms with Crippen LogP contribution in [0.15, 0.2) is 35.2 Å². The van der Waals surface area contributed by atoms with E-state index in [-0.39, 0.29) is 11.3 Å². The largest absolute Gasteiger partial charge is 0.274 e. The van der Waals surface area contributed by atoms with Crippen molar-refractivity contribution in [1.29, 1.82) is 0 Å². The van der Waals surface area contributed by atoms with Crippen LogP contribution in [0.2, 0.25) is 0 Å². The fraction of sp³-hybridized carbons (Fsp3) is 0.300. The number of nitrogens with one attached hydrogen (secondary N) is 1. The summed E-state index contributed by atoms with van der Waals surface area (Å²) in [6, 6.07) is 7.63. The molecule has 7 heteroatoms. The van der Waals surface area contributed by atoms with Gasteiger partial charge in [-0.3, -0.25) is 4.79 Å². The molecule has 0 aliphatic heterocycles. The van der Waals surface area contributed by atoms with E-state index in [0.717, 1.165) is 0 Å². The fourth-order valence-corrected chi connectivity index (χ4v) is 2.91. The molecule has 0 radical (unpaired) electrons. The topological polar surface area (TPSA) is 63.2 Å². The average molecular weight is 294 g/mol. The smallest absolute Gasteiger partial charge is 0.264 e. The number of sulfonamides is 1. The highest BCUT2D eigenvalue weighted by molar-refractivity contribution is 7.90. The Morgan fingerprint density at radius 1 is 1.29 bits per heavy atom. The summed E-state index contributed by atoms with van der Waals surface area (Å²) in [6.45, 7) is 0. The first-order valence-electron chi connectivity index (χ1n) is 4.82. The van der Waals surface area contributed by atoms with Crippen molar-refractivity contribution < 1.29 is 13.2 Å². The normalized spacial score (nSPS) is 21.9. The van der Waals surface area contributed by atoms with Gasteiger partial charge in [0, 0.05) is 0 Å². The maximum atomic E-state index is 11.8. The molecule has 92 valence electrons. The van der Waals surface area contributed by atoms with E-state index in [9.17, 15) is 13.2 Å². The second kappa shape index (κ2) is 4.15. The van der Waals surface area contributed by atoms with Gasteiger partial charge in [-0.05, 0) is 18.6 Å². The van der Waals surface area contributed by atoms with E-state index in [2.05, 4.69) is 0 Å². The number of alkyl halides is 2. The number of amides is 1. The number of hydrogen-bond acceptors (Lipinski definition) is 3. The van der Waals surface area contributed by atoms with Gasteiger partial charge in [0.15, 0.2) is 0 Å². The van der Waals surface area contributed by atoms with E-state index >= 15 is 0 Å². The van der Waals surface area contributed by atoms with Crippen LogP contribution in [-0.4, -0.2) is 18.7 Å². The lowest BCUT2D eigenvalue weighted by Gasteiger charge is -2.06. The summed E-state index contributed by atoms with van der Waals surface area (Å²) in [4.78, 5) is 11.6. The van der Waals surface area contributed by atoms with Crippen molar-refractivity contribution in [3.8, 4) is 0 Å². The molecule has 2 rings (SSSR count). The molecule has 1 saturated carbocycles. The highest BCUT2D eigenvalue weighted by atomic mass is 35.5. The van der Waals surface area contributed by atoms with Crippen LogP contribution in [0.5, 0.6) is 0 Å². The maximum Gasteiger partial charge on any atom is 0.264 e. The minimum atomic E-state index is -3.83. The molecule has 1 unspecified atom stereocenters. The summed E-state index contributed by atoms with van der Waals surface area (Å²) < 4.78 is 24.4. The average Bonchev–Trinajstić information content (AvgIpc) is 2.89. The molecular formula is C10H9Cl2NO3S. The Morgan fingerprint density at radius 2 is 1.82 bits per heavy atom. The van der Waals surface area contributed by atoms with Gasteiger partial charge in [-0.15, -0.1) is 23.2 Å². The highest BCUT2D eigenvalue weighted by Gasteiger charge is 2.57. The third kappa shape index (κ3) is 2.73. The van der Waals surface area contributed by atoms with Gasteiger partial charge in [0.1, 0.15) is 4.33 Å². The van der Waals surface area contributed by atoms with Crippen LogP contribution < -0.4 is 4.72 Å². The summed E-state index contributed by atoms with van der Waals surface area (Å²) in [5.41, 5.74) is 0. The standard InChI is InChI=1S/C10H9Cl2NO3S/c11-10(12)6-8(10)9(14)13-17(15,16)7-4-2-1-3-5-7/h1-5,8H,6H2,(H,13,14). The maximum absolute atomic E-state index is 11.8. The molecule has 0 spiro atoms. The van der Waals surface area contributed by atoms with Gasteiger partial charge in [-0.1, -0.05) is 18.2 Å². The van der Waals surface area contributed by atoms with Crippen LogP contribution in [-0.2, 0) is 14.8 Å². The Hall–Kier alpha value is -0.780. The number of benzene rings is 1. The molecule has 0 heterocycles. The number of halogens is 2. The van der Waals surface area contributed by atoms with Crippen LogP contribution in [0.1, 0.15) is 6.42 Å². The SMILES string of the molecule is O=C(NS(=O)(=O)c1ccccc1)C1CC1(Cl)Cl. The Morgan fingerprint density at radius 3 is 2.29 bits per heavy atom. The number of carbonyl (C=O) groups is 1. The lowest BCUT2D eigenvalue weighted by molar-refractivity contribution is -0.120. The van der Waals surface area contributed by atoms with E-state index in [1.165, 1.54) is 12.1 Å². The number of rotatable bonds is 3. The van der Waals surface area contributed by atoms with E-state index in [4.69, 9.17) is 23.2 Å². The predicted octanol–water partition coefficient (Wildman–Crippen LogP) is 1.69. The van der Waals surface area contributed by atoms with Crippen molar-refractivity contribution in [1.82, 2.24) is 4.72 Å². The molecule has 17 heavy (non-hydrogen) atoms. The van der Waals surface area contributed by atoms with Crippen LogP contribution in [0.3, 0.4) is 0 Å². The van der Waals surface area contributed by atoms with Crippen LogP contribution in [0, 0.1) is 5.92 Å². The van der Waals surface area contributed by atoms with Gasteiger partial charge in [-0.2, -0.15) is 0 Å². The van der Waals surface area contributed by atoms with Crippen molar-refractivity contribution in [2.24, 2.45) is 5.92 Å². The molecule has 1 aromatic carbocycles. The molecule has 1 aliphatic rings.